The molecule has 3 rings (SSSR count). The van der Waals surface area contributed by atoms with Crippen molar-refractivity contribution in [3.8, 4) is 0 Å². The average molecular weight is 382 g/mol. The van der Waals surface area contributed by atoms with Crippen LogP contribution in [-0.2, 0) is 13.6 Å². The summed E-state index contributed by atoms with van der Waals surface area (Å²) in [5.74, 6) is -0.704. The third kappa shape index (κ3) is 3.52. The van der Waals surface area contributed by atoms with E-state index in [-0.39, 0.29) is 33.9 Å². The third-order valence-electron chi connectivity index (χ3n) is 3.72. The maximum absolute atomic E-state index is 13.7. The molecule has 0 radical (unpaired) electrons. The minimum absolute atomic E-state index is 0.0846. The van der Waals surface area contributed by atoms with E-state index in [9.17, 15) is 9.18 Å². The Hall–Kier alpha value is -2.38. The van der Waals surface area contributed by atoms with Crippen LogP contribution in [0.1, 0.15) is 21.7 Å². The van der Waals surface area contributed by atoms with Gasteiger partial charge in [-0.1, -0.05) is 41.4 Å². The van der Waals surface area contributed by atoms with Gasteiger partial charge in [0.2, 0.25) is 0 Å². The maximum Gasteiger partial charge on any atom is 0.278 e. The predicted molar refractivity (Wildman–Crippen MR) is 93.6 cm³/mol. The van der Waals surface area contributed by atoms with Gasteiger partial charge in [-0.05, 0) is 13.0 Å². The van der Waals surface area contributed by atoms with E-state index in [1.807, 2.05) is 0 Å². The Labute approximate surface area is 153 Å². The van der Waals surface area contributed by atoms with E-state index in [4.69, 9.17) is 23.2 Å². The van der Waals surface area contributed by atoms with Gasteiger partial charge in [-0.2, -0.15) is 10.2 Å². The van der Waals surface area contributed by atoms with Crippen molar-refractivity contribution in [2.24, 2.45) is 7.05 Å². The lowest BCUT2D eigenvalue weighted by Crippen LogP contribution is -2.14. The highest BCUT2D eigenvalue weighted by Gasteiger charge is 2.20. The van der Waals surface area contributed by atoms with Crippen LogP contribution in [0.5, 0.6) is 0 Å². The van der Waals surface area contributed by atoms with Crippen molar-refractivity contribution in [2.45, 2.75) is 13.5 Å². The molecule has 0 bridgehead atoms. The zero-order valence-electron chi connectivity index (χ0n) is 13.4. The highest BCUT2D eigenvalue weighted by molar-refractivity contribution is 6.35. The minimum Gasteiger partial charge on any atom is -0.302 e. The number of amides is 1. The predicted octanol–water partition coefficient (Wildman–Crippen LogP) is 3.67. The van der Waals surface area contributed by atoms with Crippen molar-refractivity contribution in [2.75, 3.05) is 5.32 Å². The Bertz CT molecular complexity index is 950. The molecule has 0 spiro atoms. The summed E-state index contributed by atoms with van der Waals surface area (Å²) in [6, 6.07) is 6.37. The van der Waals surface area contributed by atoms with E-state index in [1.165, 1.54) is 21.6 Å². The molecule has 25 heavy (non-hydrogen) atoms. The highest BCUT2D eigenvalue weighted by Crippen LogP contribution is 2.24. The van der Waals surface area contributed by atoms with Crippen LogP contribution in [0.15, 0.2) is 30.5 Å². The monoisotopic (exact) mass is 381 g/mol. The first-order valence-electron chi connectivity index (χ1n) is 7.33. The molecule has 0 aliphatic carbocycles. The number of anilines is 1. The van der Waals surface area contributed by atoms with Gasteiger partial charge in [-0.3, -0.25) is 14.2 Å². The average Bonchev–Trinajstić information content (AvgIpc) is 3.04. The topological polar surface area (TPSA) is 64.7 Å². The first-order valence-corrected chi connectivity index (χ1v) is 8.09. The number of rotatable bonds is 4. The van der Waals surface area contributed by atoms with E-state index >= 15 is 0 Å². The number of carbonyl (C=O) groups excluding carboxylic acids is 1. The van der Waals surface area contributed by atoms with E-state index in [0.717, 1.165) is 0 Å². The molecule has 0 saturated heterocycles. The summed E-state index contributed by atoms with van der Waals surface area (Å²) in [7, 11) is 1.69. The summed E-state index contributed by atoms with van der Waals surface area (Å²) in [6.07, 6.45) is 1.51. The Kier molecular flexibility index (Phi) is 4.78. The molecule has 0 unspecified atom stereocenters. The summed E-state index contributed by atoms with van der Waals surface area (Å²) >= 11 is 12.2. The fraction of sp³-hybridized carbons (Fsp3) is 0.188. The first kappa shape index (κ1) is 17.4. The van der Waals surface area contributed by atoms with Gasteiger partial charge in [0.1, 0.15) is 10.8 Å². The van der Waals surface area contributed by atoms with Crippen LogP contribution in [0.3, 0.4) is 0 Å². The van der Waals surface area contributed by atoms with Gasteiger partial charge in [-0.15, -0.1) is 0 Å². The van der Waals surface area contributed by atoms with Gasteiger partial charge in [-0.25, -0.2) is 4.39 Å². The quantitative estimate of drug-likeness (QED) is 0.749. The molecular weight excluding hydrogens is 368 g/mol. The Balaban J connectivity index is 1.80. The van der Waals surface area contributed by atoms with E-state index in [1.54, 1.807) is 32.2 Å². The molecule has 130 valence electrons. The minimum atomic E-state index is -0.522. The zero-order valence-corrected chi connectivity index (χ0v) is 14.9. The molecule has 2 heterocycles. The zero-order chi connectivity index (χ0) is 18.1. The summed E-state index contributed by atoms with van der Waals surface area (Å²) in [5, 5.41) is 11.3. The van der Waals surface area contributed by atoms with E-state index < -0.39 is 5.91 Å². The SMILES string of the molecule is Cc1c(Cl)c(C(=O)Nc2nn(Cc3ccccc3F)cc2Cl)nn1C. The van der Waals surface area contributed by atoms with Crippen LogP contribution in [-0.4, -0.2) is 25.5 Å². The molecule has 9 heteroatoms. The smallest absolute Gasteiger partial charge is 0.278 e. The number of benzene rings is 1. The number of aryl methyl sites for hydroxylation is 1. The number of nitrogens with one attached hydrogen (secondary N) is 1. The maximum atomic E-state index is 13.7. The lowest BCUT2D eigenvalue weighted by molar-refractivity contribution is 0.102. The highest BCUT2D eigenvalue weighted by atomic mass is 35.5. The molecule has 0 fully saturated rings. The molecule has 0 aliphatic rings. The third-order valence-corrected chi connectivity index (χ3v) is 4.44. The van der Waals surface area contributed by atoms with Crippen molar-refractivity contribution >= 4 is 34.9 Å². The molecular formula is C16H14Cl2FN5O. The van der Waals surface area contributed by atoms with Crippen LogP contribution in [0.2, 0.25) is 10.0 Å². The molecule has 1 aromatic carbocycles. The van der Waals surface area contributed by atoms with Crippen molar-refractivity contribution in [3.05, 3.63) is 63.3 Å². The van der Waals surface area contributed by atoms with Crippen LogP contribution in [0.25, 0.3) is 0 Å². The largest absolute Gasteiger partial charge is 0.302 e. The van der Waals surface area contributed by atoms with Crippen molar-refractivity contribution in [1.82, 2.24) is 19.6 Å². The van der Waals surface area contributed by atoms with Gasteiger partial charge in [0.05, 0.1) is 17.3 Å². The number of halogens is 3. The molecule has 1 N–H and O–H groups in total. The number of nitrogens with zero attached hydrogens (tertiary/aromatic N) is 4. The van der Waals surface area contributed by atoms with Crippen LogP contribution < -0.4 is 5.32 Å². The number of aromatic nitrogens is 4. The van der Waals surface area contributed by atoms with E-state index in [2.05, 4.69) is 15.5 Å². The fourth-order valence-electron chi connectivity index (χ4n) is 2.26. The van der Waals surface area contributed by atoms with Gasteiger partial charge in [0.15, 0.2) is 11.5 Å². The number of hydrogen-bond acceptors (Lipinski definition) is 3. The van der Waals surface area contributed by atoms with Crippen molar-refractivity contribution in [3.63, 3.8) is 0 Å². The summed E-state index contributed by atoms with van der Waals surface area (Å²) in [6.45, 7) is 1.94. The molecule has 0 aliphatic heterocycles. The lowest BCUT2D eigenvalue weighted by Gasteiger charge is -2.03. The summed E-state index contributed by atoms with van der Waals surface area (Å²) < 4.78 is 16.7. The second-order valence-corrected chi connectivity index (χ2v) is 6.23. The second-order valence-electron chi connectivity index (χ2n) is 5.44. The normalized spacial score (nSPS) is 10.9. The van der Waals surface area contributed by atoms with Gasteiger partial charge < -0.3 is 5.32 Å². The Morgan fingerprint density at radius 3 is 2.64 bits per heavy atom. The molecule has 3 aromatic rings. The summed E-state index contributed by atoms with van der Waals surface area (Å²) in [5.41, 5.74) is 1.22. The lowest BCUT2D eigenvalue weighted by atomic mass is 10.2. The van der Waals surface area contributed by atoms with Crippen LogP contribution in [0.4, 0.5) is 10.2 Å². The van der Waals surface area contributed by atoms with Crippen LogP contribution in [0, 0.1) is 12.7 Å². The van der Waals surface area contributed by atoms with E-state index in [0.29, 0.717) is 11.3 Å². The van der Waals surface area contributed by atoms with Gasteiger partial charge >= 0.3 is 0 Å². The molecule has 6 nitrogen and oxygen atoms in total. The van der Waals surface area contributed by atoms with Gasteiger partial charge in [0.25, 0.3) is 5.91 Å². The molecule has 1 amide bonds. The summed E-state index contributed by atoms with van der Waals surface area (Å²) in [4.78, 5) is 12.3. The first-order chi connectivity index (χ1) is 11.9. The van der Waals surface area contributed by atoms with Crippen molar-refractivity contribution in [1.29, 1.82) is 0 Å². The number of carbonyl (C=O) groups is 1. The van der Waals surface area contributed by atoms with Crippen molar-refractivity contribution < 1.29 is 9.18 Å². The molecule has 2 aromatic heterocycles. The van der Waals surface area contributed by atoms with Crippen LogP contribution >= 0.6 is 23.2 Å². The molecule has 0 atom stereocenters. The Morgan fingerprint density at radius 1 is 1.28 bits per heavy atom. The fourth-order valence-corrected chi connectivity index (χ4v) is 2.70. The number of hydrogen-bond donors (Lipinski definition) is 1. The van der Waals surface area contributed by atoms with Gasteiger partial charge in [0, 0.05) is 18.8 Å². The standard InChI is InChI=1S/C16H14Cl2FN5O/c1-9-13(18)14(21-23(9)2)16(25)20-15-11(17)8-24(22-15)7-10-5-3-4-6-12(10)19/h3-6,8H,7H2,1-2H3,(H,20,22,25). The molecule has 0 saturated carbocycles. The Morgan fingerprint density at radius 2 is 2.00 bits per heavy atom. The second kappa shape index (κ2) is 6.85.